The van der Waals surface area contributed by atoms with E-state index < -0.39 is 43.1 Å². The third kappa shape index (κ3) is 4.11. The van der Waals surface area contributed by atoms with Crippen molar-refractivity contribution in [2.45, 2.75) is 39.8 Å². The Morgan fingerprint density at radius 2 is 1.73 bits per heavy atom. The molecule has 0 bridgehead atoms. The first-order valence-electron chi connectivity index (χ1n) is 8.38. The molecule has 2 atom stereocenters. The number of halogens is 3. The second-order valence-corrected chi connectivity index (χ2v) is 7.11. The number of carboxylic acids is 1. The number of aliphatic carboxylic acids is 1. The highest BCUT2D eigenvalue weighted by Crippen LogP contribution is 2.38. The van der Waals surface area contributed by atoms with Gasteiger partial charge >= 0.3 is 18.2 Å². The lowest BCUT2D eigenvalue weighted by Gasteiger charge is -2.21. The summed E-state index contributed by atoms with van der Waals surface area (Å²) in [4.78, 5) is 24.5. The van der Waals surface area contributed by atoms with Crippen LogP contribution in [0.4, 0.5) is 23.7 Å². The number of amides is 2. The minimum atomic E-state index is -4.66. The topological polar surface area (TPSA) is 69.6 Å². The van der Waals surface area contributed by atoms with Crippen molar-refractivity contribution in [3.05, 3.63) is 28.8 Å². The van der Waals surface area contributed by atoms with Crippen LogP contribution < -0.4 is 5.32 Å². The number of alkyl halides is 3. The third-order valence-electron chi connectivity index (χ3n) is 4.80. The summed E-state index contributed by atoms with van der Waals surface area (Å²) in [5.41, 5.74) is 3.26. The minimum absolute atomic E-state index is 0.305. The number of carbonyl (C=O) groups excluding carboxylic acids is 1. The van der Waals surface area contributed by atoms with Crippen LogP contribution in [0, 0.1) is 25.7 Å². The molecule has 1 heterocycles. The van der Waals surface area contributed by atoms with Crippen molar-refractivity contribution in [2.75, 3.05) is 18.4 Å². The molecule has 1 aromatic carbocycles. The average Bonchev–Trinajstić information content (AvgIpc) is 2.96. The van der Waals surface area contributed by atoms with Gasteiger partial charge in [-0.15, -0.1) is 0 Å². The second kappa shape index (κ2) is 7.17. The van der Waals surface area contributed by atoms with Crippen LogP contribution in [0.2, 0.25) is 0 Å². The van der Waals surface area contributed by atoms with Crippen LogP contribution in [0.5, 0.6) is 0 Å². The van der Waals surface area contributed by atoms with Crippen LogP contribution in [-0.2, 0) is 4.79 Å². The average molecular weight is 372 g/mol. The number of carboxylic acid groups (broad SMARTS) is 1. The Kier molecular flexibility index (Phi) is 5.53. The van der Waals surface area contributed by atoms with Gasteiger partial charge in [0.2, 0.25) is 0 Å². The molecule has 0 radical (unpaired) electrons. The highest BCUT2D eigenvalue weighted by molar-refractivity contribution is 5.92. The molecule has 2 amide bonds. The number of anilines is 1. The van der Waals surface area contributed by atoms with Crippen molar-refractivity contribution in [3.8, 4) is 0 Å². The molecule has 0 unspecified atom stereocenters. The molecule has 1 saturated heterocycles. The number of likely N-dealkylation sites (tertiary alicyclic amines) is 1. The highest BCUT2D eigenvalue weighted by atomic mass is 19.4. The number of nitrogens with one attached hydrogen (secondary N) is 1. The van der Waals surface area contributed by atoms with Crippen molar-refractivity contribution >= 4 is 17.7 Å². The number of aryl methyl sites for hydroxylation is 2. The first-order chi connectivity index (χ1) is 11.9. The molecule has 1 aliphatic rings. The summed E-state index contributed by atoms with van der Waals surface area (Å²) in [5.74, 6) is -4.95. The molecule has 144 valence electrons. The third-order valence-corrected chi connectivity index (χ3v) is 4.80. The quantitative estimate of drug-likeness (QED) is 0.837. The van der Waals surface area contributed by atoms with Crippen molar-refractivity contribution in [1.29, 1.82) is 0 Å². The van der Waals surface area contributed by atoms with Gasteiger partial charge in [0.15, 0.2) is 0 Å². The molecule has 1 aromatic rings. The minimum Gasteiger partial charge on any atom is -0.481 e. The lowest BCUT2D eigenvalue weighted by atomic mass is 9.96. The summed E-state index contributed by atoms with van der Waals surface area (Å²) in [6.45, 7) is 6.59. The molecular formula is C18H23F3N2O3. The maximum atomic E-state index is 13.1. The Labute approximate surface area is 150 Å². The van der Waals surface area contributed by atoms with Gasteiger partial charge < -0.3 is 15.3 Å². The predicted octanol–water partition coefficient (Wildman–Crippen LogP) is 4.15. The molecule has 1 fully saturated rings. The molecule has 0 aromatic heterocycles. The van der Waals surface area contributed by atoms with E-state index in [0.717, 1.165) is 21.6 Å². The van der Waals surface area contributed by atoms with Crippen LogP contribution in [0.3, 0.4) is 0 Å². The second-order valence-electron chi connectivity index (χ2n) is 7.11. The van der Waals surface area contributed by atoms with E-state index in [4.69, 9.17) is 5.11 Å². The van der Waals surface area contributed by atoms with Crippen molar-refractivity contribution in [2.24, 2.45) is 11.8 Å². The molecular weight excluding hydrogens is 349 g/mol. The Morgan fingerprint density at radius 1 is 1.19 bits per heavy atom. The largest absolute Gasteiger partial charge is 0.481 e. The molecule has 5 nitrogen and oxygen atoms in total. The Morgan fingerprint density at radius 3 is 2.12 bits per heavy atom. The van der Waals surface area contributed by atoms with E-state index in [1.165, 1.54) is 0 Å². The van der Waals surface area contributed by atoms with E-state index in [1.54, 1.807) is 0 Å². The SMILES string of the molecule is Cc1cc(C(C)C)cc(C)c1NC(=O)N1C[C@@H](C(F)(F)F)[C@H](C(=O)O)C1. The summed E-state index contributed by atoms with van der Waals surface area (Å²) in [6.07, 6.45) is -4.66. The molecule has 2 N–H and O–H groups in total. The van der Waals surface area contributed by atoms with Crippen LogP contribution in [-0.4, -0.2) is 41.3 Å². The normalized spacial score (nSPS) is 20.5. The van der Waals surface area contributed by atoms with Gasteiger partial charge in [-0.05, 0) is 36.5 Å². The fourth-order valence-corrected chi connectivity index (χ4v) is 3.27. The zero-order valence-corrected chi connectivity index (χ0v) is 15.1. The van der Waals surface area contributed by atoms with E-state index in [0.29, 0.717) is 11.6 Å². The smallest absolute Gasteiger partial charge is 0.394 e. The van der Waals surface area contributed by atoms with Crippen LogP contribution in [0.25, 0.3) is 0 Å². The number of benzene rings is 1. The van der Waals surface area contributed by atoms with Gasteiger partial charge in [-0.3, -0.25) is 4.79 Å². The predicted molar refractivity (Wildman–Crippen MR) is 91.3 cm³/mol. The van der Waals surface area contributed by atoms with E-state index >= 15 is 0 Å². The van der Waals surface area contributed by atoms with Gasteiger partial charge in [0, 0.05) is 18.8 Å². The molecule has 2 rings (SSSR count). The van der Waals surface area contributed by atoms with Crippen LogP contribution in [0.1, 0.15) is 36.5 Å². The van der Waals surface area contributed by atoms with Crippen LogP contribution in [0.15, 0.2) is 12.1 Å². The Hall–Kier alpha value is -2.25. The van der Waals surface area contributed by atoms with E-state index in [1.807, 2.05) is 39.8 Å². The van der Waals surface area contributed by atoms with Gasteiger partial charge in [-0.25, -0.2) is 4.79 Å². The summed E-state index contributed by atoms with van der Waals surface area (Å²) in [5, 5.41) is 11.7. The number of rotatable bonds is 3. The molecule has 0 saturated carbocycles. The number of nitrogens with zero attached hydrogens (tertiary/aromatic N) is 1. The summed E-state index contributed by atoms with van der Waals surface area (Å²) in [6, 6.07) is 3.14. The zero-order chi connectivity index (χ0) is 19.8. The van der Waals surface area contributed by atoms with Gasteiger partial charge in [-0.1, -0.05) is 26.0 Å². The Bertz CT molecular complexity index is 693. The van der Waals surface area contributed by atoms with Gasteiger partial charge in [0.25, 0.3) is 0 Å². The maximum Gasteiger partial charge on any atom is 0.394 e. The van der Waals surface area contributed by atoms with Gasteiger partial charge in [0.1, 0.15) is 0 Å². The lowest BCUT2D eigenvalue weighted by Crippen LogP contribution is -2.35. The monoisotopic (exact) mass is 372 g/mol. The van der Waals surface area contributed by atoms with E-state index in [-0.39, 0.29) is 0 Å². The van der Waals surface area contributed by atoms with E-state index in [2.05, 4.69) is 5.32 Å². The summed E-state index contributed by atoms with van der Waals surface area (Å²) in [7, 11) is 0. The number of urea groups is 1. The molecule has 1 aliphatic heterocycles. The highest BCUT2D eigenvalue weighted by Gasteiger charge is 2.53. The molecule has 26 heavy (non-hydrogen) atoms. The van der Waals surface area contributed by atoms with Crippen molar-refractivity contribution in [1.82, 2.24) is 4.90 Å². The van der Waals surface area contributed by atoms with Crippen molar-refractivity contribution < 1.29 is 27.9 Å². The zero-order valence-electron chi connectivity index (χ0n) is 15.1. The fraction of sp³-hybridized carbons (Fsp3) is 0.556. The first-order valence-corrected chi connectivity index (χ1v) is 8.38. The number of hydrogen-bond acceptors (Lipinski definition) is 2. The maximum absolute atomic E-state index is 13.1. The standard InChI is InChI=1S/C18H23F3N2O3/c1-9(2)12-5-10(3)15(11(4)6-12)22-17(26)23-7-13(16(24)25)14(8-23)18(19,20)21/h5-6,9,13-14H,7-8H2,1-4H3,(H,22,26)(H,24,25)/t13-,14-/m1/s1. The molecule has 0 spiro atoms. The fourth-order valence-electron chi connectivity index (χ4n) is 3.27. The van der Waals surface area contributed by atoms with Gasteiger partial charge in [0.05, 0.1) is 11.8 Å². The number of hydrogen-bond donors (Lipinski definition) is 2. The van der Waals surface area contributed by atoms with Crippen LogP contribution >= 0.6 is 0 Å². The van der Waals surface area contributed by atoms with Crippen molar-refractivity contribution in [3.63, 3.8) is 0 Å². The Balaban J connectivity index is 2.20. The molecule has 0 aliphatic carbocycles. The summed E-state index contributed by atoms with van der Waals surface area (Å²) >= 11 is 0. The molecule has 8 heteroatoms. The van der Waals surface area contributed by atoms with Gasteiger partial charge in [-0.2, -0.15) is 13.2 Å². The lowest BCUT2D eigenvalue weighted by molar-refractivity contribution is -0.187. The van der Waals surface area contributed by atoms with E-state index in [9.17, 15) is 22.8 Å². The summed E-state index contributed by atoms with van der Waals surface area (Å²) < 4.78 is 39.2. The first kappa shape index (κ1) is 20.1. The number of carbonyl (C=O) groups is 2.